The van der Waals surface area contributed by atoms with E-state index in [2.05, 4.69) is 9.88 Å². The fourth-order valence-electron chi connectivity index (χ4n) is 2.83. The number of carbonyl (C=O) groups excluding carboxylic acids is 1. The van der Waals surface area contributed by atoms with Crippen LogP contribution in [0.25, 0.3) is 0 Å². The van der Waals surface area contributed by atoms with E-state index in [1.807, 2.05) is 29.3 Å². The molecule has 0 radical (unpaired) electrons. The molecular weight excluding hydrogens is 310 g/mol. The predicted molar refractivity (Wildman–Crippen MR) is 91.5 cm³/mol. The summed E-state index contributed by atoms with van der Waals surface area (Å²) in [5.74, 6) is 0.0846. The van der Waals surface area contributed by atoms with Crippen molar-refractivity contribution in [3.05, 3.63) is 64.9 Å². The van der Waals surface area contributed by atoms with E-state index in [1.54, 1.807) is 24.3 Å². The minimum Gasteiger partial charge on any atom is -0.337 e. The summed E-state index contributed by atoms with van der Waals surface area (Å²) >= 11 is 5.89. The normalized spacial score (nSPS) is 16.1. The van der Waals surface area contributed by atoms with E-state index < -0.39 is 0 Å². The molecule has 1 saturated heterocycles. The molecule has 0 saturated carbocycles. The van der Waals surface area contributed by atoms with Crippen LogP contribution in [0.2, 0.25) is 5.02 Å². The summed E-state index contributed by atoms with van der Waals surface area (Å²) in [7, 11) is 0. The van der Waals surface area contributed by atoms with Crippen molar-refractivity contribution in [2.24, 2.45) is 0 Å². The number of amides is 1. The number of rotatable bonds is 3. The van der Waals surface area contributed by atoms with E-state index in [4.69, 9.17) is 11.6 Å². The van der Waals surface area contributed by atoms with Crippen molar-refractivity contribution < 1.29 is 4.79 Å². The van der Waals surface area contributed by atoms with Gasteiger partial charge >= 0.3 is 0 Å². The van der Waals surface area contributed by atoms with Crippen LogP contribution in [0.15, 0.2) is 48.7 Å². The van der Waals surface area contributed by atoms with Gasteiger partial charge in [-0.1, -0.05) is 17.7 Å². The molecule has 1 aliphatic heterocycles. The quantitative estimate of drug-likeness (QED) is 0.868. The van der Waals surface area contributed by atoms with Crippen molar-refractivity contribution in [1.29, 1.82) is 0 Å². The van der Waals surface area contributed by atoms with Gasteiger partial charge in [0.05, 0.1) is 5.69 Å². The Morgan fingerprint density at radius 1 is 1.04 bits per heavy atom. The molecule has 0 bridgehead atoms. The molecule has 4 nitrogen and oxygen atoms in total. The number of aromatic nitrogens is 1. The molecule has 2 aromatic rings. The number of hydrogen-bond acceptors (Lipinski definition) is 3. The summed E-state index contributed by atoms with van der Waals surface area (Å²) in [5, 5.41) is 0.652. The first-order valence-electron chi connectivity index (χ1n) is 7.89. The predicted octanol–water partition coefficient (Wildman–Crippen LogP) is 3.08. The van der Waals surface area contributed by atoms with E-state index in [0.717, 1.165) is 44.8 Å². The zero-order valence-electron chi connectivity index (χ0n) is 13.0. The Morgan fingerprint density at radius 3 is 2.61 bits per heavy atom. The average molecular weight is 330 g/mol. The molecule has 23 heavy (non-hydrogen) atoms. The molecular formula is C18H20ClN3O. The van der Waals surface area contributed by atoms with Crippen LogP contribution in [0.5, 0.6) is 0 Å². The fourth-order valence-corrected chi connectivity index (χ4v) is 2.95. The molecule has 5 heteroatoms. The first kappa shape index (κ1) is 16.0. The van der Waals surface area contributed by atoms with Crippen LogP contribution in [-0.4, -0.2) is 46.9 Å². The van der Waals surface area contributed by atoms with Crippen LogP contribution in [-0.2, 0) is 6.54 Å². The summed E-state index contributed by atoms with van der Waals surface area (Å²) in [5.41, 5.74) is 1.78. The van der Waals surface area contributed by atoms with Gasteiger partial charge in [0, 0.05) is 49.5 Å². The van der Waals surface area contributed by atoms with Gasteiger partial charge in [-0.3, -0.25) is 14.7 Å². The van der Waals surface area contributed by atoms with Gasteiger partial charge in [-0.2, -0.15) is 0 Å². The number of carbonyl (C=O) groups is 1. The third-order valence-electron chi connectivity index (χ3n) is 4.08. The summed E-state index contributed by atoms with van der Waals surface area (Å²) in [6.07, 6.45) is 2.80. The molecule has 1 aromatic heterocycles. The summed E-state index contributed by atoms with van der Waals surface area (Å²) in [6, 6.07) is 13.1. The van der Waals surface area contributed by atoms with Crippen LogP contribution < -0.4 is 0 Å². The van der Waals surface area contributed by atoms with Crippen LogP contribution in [0.3, 0.4) is 0 Å². The molecule has 0 N–H and O–H groups in total. The van der Waals surface area contributed by atoms with Crippen molar-refractivity contribution in [3.8, 4) is 0 Å². The van der Waals surface area contributed by atoms with Crippen molar-refractivity contribution in [3.63, 3.8) is 0 Å². The Kier molecular flexibility index (Phi) is 5.26. The second-order valence-corrected chi connectivity index (χ2v) is 6.19. The third kappa shape index (κ3) is 4.30. The van der Waals surface area contributed by atoms with Gasteiger partial charge < -0.3 is 4.90 Å². The number of pyridine rings is 1. The zero-order chi connectivity index (χ0) is 16.1. The first-order chi connectivity index (χ1) is 11.2. The lowest BCUT2D eigenvalue weighted by Gasteiger charge is -2.22. The molecule has 1 aromatic carbocycles. The molecule has 120 valence electrons. The highest BCUT2D eigenvalue weighted by Crippen LogP contribution is 2.14. The minimum atomic E-state index is 0.0846. The van der Waals surface area contributed by atoms with E-state index in [0.29, 0.717) is 10.6 Å². The topological polar surface area (TPSA) is 36.4 Å². The van der Waals surface area contributed by atoms with E-state index >= 15 is 0 Å². The highest BCUT2D eigenvalue weighted by molar-refractivity contribution is 6.30. The van der Waals surface area contributed by atoms with Gasteiger partial charge in [0.1, 0.15) is 0 Å². The molecule has 1 fully saturated rings. The number of halogens is 1. The van der Waals surface area contributed by atoms with Crippen LogP contribution in [0.1, 0.15) is 22.5 Å². The molecule has 0 spiro atoms. The maximum absolute atomic E-state index is 12.6. The number of nitrogens with zero attached hydrogens (tertiary/aromatic N) is 3. The summed E-state index contributed by atoms with van der Waals surface area (Å²) in [6.45, 7) is 4.23. The molecule has 3 rings (SSSR count). The fraction of sp³-hybridized carbons (Fsp3) is 0.333. The van der Waals surface area contributed by atoms with Crippen molar-refractivity contribution in [1.82, 2.24) is 14.8 Å². The molecule has 0 aliphatic carbocycles. The summed E-state index contributed by atoms with van der Waals surface area (Å²) in [4.78, 5) is 21.3. The van der Waals surface area contributed by atoms with Crippen LogP contribution in [0, 0.1) is 0 Å². The van der Waals surface area contributed by atoms with E-state index in [-0.39, 0.29) is 5.91 Å². The smallest absolute Gasteiger partial charge is 0.253 e. The Hall–Kier alpha value is -1.91. The molecule has 1 aliphatic rings. The average Bonchev–Trinajstić information content (AvgIpc) is 2.81. The lowest BCUT2D eigenvalue weighted by atomic mass is 10.2. The second kappa shape index (κ2) is 7.57. The Balaban J connectivity index is 1.59. The highest BCUT2D eigenvalue weighted by atomic mass is 35.5. The van der Waals surface area contributed by atoms with E-state index in [1.165, 1.54) is 0 Å². The van der Waals surface area contributed by atoms with Crippen LogP contribution >= 0.6 is 11.6 Å². The minimum absolute atomic E-state index is 0.0846. The van der Waals surface area contributed by atoms with Crippen molar-refractivity contribution in [2.45, 2.75) is 13.0 Å². The monoisotopic (exact) mass is 329 g/mol. The maximum Gasteiger partial charge on any atom is 0.253 e. The standard InChI is InChI=1S/C18H20ClN3O/c19-16-7-5-15(6-8-16)18(23)22-11-3-10-21(12-13-22)14-17-4-1-2-9-20-17/h1-2,4-9H,3,10-14H2. The van der Waals surface area contributed by atoms with E-state index in [9.17, 15) is 4.79 Å². The summed E-state index contributed by atoms with van der Waals surface area (Å²) < 4.78 is 0. The van der Waals surface area contributed by atoms with Gasteiger partial charge in [0.15, 0.2) is 0 Å². The van der Waals surface area contributed by atoms with Gasteiger partial charge in [0.25, 0.3) is 5.91 Å². The number of hydrogen-bond donors (Lipinski definition) is 0. The highest BCUT2D eigenvalue weighted by Gasteiger charge is 2.20. The van der Waals surface area contributed by atoms with Gasteiger partial charge in [-0.25, -0.2) is 0 Å². The zero-order valence-corrected chi connectivity index (χ0v) is 13.7. The molecule has 1 amide bonds. The van der Waals surface area contributed by atoms with Crippen molar-refractivity contribution >= 4 is 17.5 Å². The lowest BCUT2D eigenvalue weighted by Crippen LogP contribution is -2.35. The SMILES string of the molecule is O=C(c1ccc(Cl)cc1)N1CCCN(Cc2ccccn2)CC1. The Bertz CT molecular complexity index is 645. The maximum atomic E-state index is 12.6. The van der Waals surface area contributed by atoms with Gasteiger partial charge in [0.2, 0.25) is 0 Å². The van der Waals surface area contributed by atoms with Gasteiger partial charge in [-0.15, -0.1) is 0 Å². The number of benzene rings is 1. The first-order valence-corrected chi connectivity index (χ1v) is 8.27. The molecule has 0 unspecified atom stereocenters. The Morgan fingerprint density at radius 2 is 1.87 bits per heavy atom. The van der Waals surface area contributed by atoms with Crippen molar-refractivity contribution in [2.75, 3.05) is 26.2 Å². The third-order valence-corrected chi connectivity index (χ3v) is 4.33. The Labute approximate surface area is 141 Å². The lowest BCUT2D eigenvalue weighted by molar-refractivity contribution is 0.0761. The largest absolute Gasteiger partial charge is 0.337 e. The van der Waals surface area contributed by atoms with Gasteiger partial charge in [-0.05, 0) is 42.8 Å². The molecule has 2 heterocycles. The second-order valence-electron chi connectivity index (χ2n) is 5.75. The van der Waals surface area contributed by atoms with Crippen LogP contribution in [0.4, 0.5) is 0 Å². The molecule has 0 atom stereocenters.